The molecule has 5 aliphatic rings. The van der Waals surface area contributed by atoms with E-state index in [9.17, 15) is 0 Å². The molecule has 23 rings (SSSR count). The van der Waals surface area contributed by atoms with E-state index < -0.39 is 0 Å². The fourth-order valence-corrected chi connectivity index (χ4v) is 21.5. The first-order valence-electron chi connectivity index (χ1n) is 41.5. The zero-order valence-electron chi connectivity index (χ0n) is 67.7. The van der Waals surface area contributed by atoms with Crippen molar-refractivity contribution in [1.29, 1.82) is 0 Å². The predicted molar refractivity (Wildman–Crippen MR) is 491 cm³/mol. The van der Waals surface area contributed by atoms with Gasteiger partial charge in [0.1, 0.15) is 0 Å². The molecule has 1 aliphatic carbocycles. The van der Waals surface area contributed by atoms with Gasteiger partial charge in [-0.1, -0.05) is 245 Å². The highest BCUT2D eigenvalue weighted by Gasteiger charge is 2.47. The van der Waals surface area contributed by atoms with Crippen molar-refractivity contribution in [2.45, 2.75) is 96.3 Å². The average molecular weight is 1510 g/mol. The SMILES string of the molecule is CC1(C)c2cc3c(cc2-c2cc4c(cc21)N(c1ccc2c(c1)c1cc(-c5cccc(N6c7ccccc7C(C)(C)c7cc(-c8ccc9c(c8)C(C)(C)c8ccccc8N9c8ccc9c(c8)c8ccccc8n9-c8ccccc8)ccc76)c5)ccc1n2-c1ccccc1)c1ccccc1C4(C)C)C(C)(C)c1ccccc1N3c1ccccc1. The highest BCUT2D eigenvalue weighted by atomic mass is 15.2. The van der Waals surface area contributed by atoms with Gasteiger partial charge in [-0.05, 0) is 265 Å². The van der Waals surface area contributed by atoms with Gasteiger partial charge in [-0.2, -0.15) is 0 Å². The topological polar surface area (TPSA) is 22.8 Å². The Hall–Kier alpha value is -13.7. The van der Waals surface area contributed by atoms with Crippen LogP contribution in [0, 0.1) is 0 Å². The zero-order chi connectivity index (χ0) is 78.9. The first-order chi connectivity index (χ1) is 56.8. The van der Waals surface area contributed by atoms with E-state index in [4.69, 9.17) is 0 Å². The van der Waals surface area contributed by atoms with Crippen molar-refractivity contribution >= 4 is 112 Å². The summed E-state index contributed by atoms with van der Waals surface area (Å²) in [5, 5.41) is 4.86. The molecule has 16 aromatic carbocycles. The van der Waals surface area contributed by atoms with Gasteiger partial charge in [-0.25, -0.2) is 0 Å². The summed E-state index contributed by atoms with van der Waals surface area (Å²) in [7, 11) is 0. The smallest absolute Gasteiger partial charge is 0.0542 e. The number of anilines is 12. The maximum atomic E-state index is 2.59. The predicted octanol–water partition coefficient (Wildman–Crippen LogP) is 30.0. The molecule has 6 nitrogen and oxygen atoms in total. The summed E-state index contributed by atoms with van der Waals surface area (Å²) in [6.07, 6.45) is 0. The average Bonchev–Trinajstić information content (AvgIpc) is 1.49. The molecule has 2 aromatic heterocycles. The summed E-state index contributed by atoms with van der Waals surface area (Å²) in [4.78, 5) is 10.1. The number of hydrogen-bond donors (Lipinski definition) is 0. The summed E-state index contributed by atoms with van der Waals surface area (Å²) in [6, 6.07) is 133. The maximum absolute atomic E-state index is 2.59. The molecule has 0 saturated carbocycles. The van der Waals surface area contributed by atoms with E-state index in [-0.39, 0.29) is 27.1 Å². The molecular weight excluding hydrogens is 1420 g/mol. The van der Waals surface area contributed by atoms with Crippen LogP contribution in [0.25, 0.3) is 88.4 Å². The van der Waals surface area contributed by atoms with E-state index in [2.05, 4.69) is 450 Å². The summed E-state index contributed by atoms with van der Waals surface area (Å²) in [6.45, 7) is 24.2. The monoisotopic (exact) mass is 1500 g/mol. The van der Waals surface area contributed by atoms with Crippen LogP contribution >= 0.6 is 0 Å². The molecule has 0 amide bonds. The summed E-state index contributed by atoms with van der Waals surface area (Å²) in [5.74, 6) is 0. The normalized spacial score (nSPS) is 15.7. The lowest BCUT2D eigenvalue weighted by atomic mass is 9.71. The third-order valence-electron chi connectivity index (χ3n) is 27.6. The lowest BCUT2D eigenvalue weighted by Gasteiger charge is -2.43. The Morgan fingerprint density at radius 3 is 0.923 bits per heavy atom. The Morgan fingerprint density at radius 2 is 0.462 bits per heavy atom. The molecule has 0 unspecified atom stereocenters. The van der Waals surface area contributed by atoms with Crippen molar-refractivity contribution in [2.75, 3.05) is 19.6 Å². The van der Waals surface area contributed by atoms with Crippen molar-refractivity contribution in [3.63, 3.8) is 0 Å². The van der Waals surface area contributed by atoms with Crippen LogP contribution in [0.4, 0.5) is 68.2 Å². The van der Waals surface area contributed by atoms with Crippen LogP contribution in [-0.2, 0) is 27.1 Å². The van der Waals surface area contributed by atoms with Crippen LogP contribution in [0.3, 0.4) is 0 Å². The van der Waals surface area contributed by atoms with E-state index in [1.165, 1.54) is 162 Å². The van der Waals surface area contributed by atoms with Gasteiger partial charge >= 0.3 is 0 Å². The molecule has 18 aromatic rings. The van der Waals surface area contributed by atoms with Crippen molar-refractivity contribution < 1.29 is 0 Å². The molecule has 562 valence electrons. The minimum absolute atomic E-state index is 0.245. The van der Waals surface area contributed by atoms with Crippen molar-refractivity contribution in [2.24, 2.45) is 0 Å². The van der Waals surface area contributed by atoms with E-state index in [0.717, 1.165) is 50.6 Å². The fraction of sp³-hybridized carbons (Fsp3) is 0.135. The Kier molecular flexibility index (Phi) is 14.5. The Bertz CT molecular complexity index is 7250. The molecular formula is C111H88N6. The number of benzene rings is 16. The second-order valence-corrected chi connectivity index (χ2v) is 35.7. The van der Waals surface area contributed by atoms with Crippen LogP contribution in [0.2, 0.25) is 0 Å². The van der Waals surface area contributed by atoms with Crippen LogP contribution in [-0.4, -0.2) is 9.13 Å². The number of fused-ring (bicyclic) bond motifs is 17. The lowest BCUT2D eigenvalue weighted by Crippen LogP contribution is -2.31. The maximum Gasteiger partial charge on any atom is 0.0542 e. The van der Waals surface area contributed by atoms with Gasteiger partial charge in [0.25, 0.3) is 0 Å². The van der Waals surface area contributed by atoms with Gasteiger partial charge < -0.3 is 28.7 Å². The van der Waals surface area contributed by atoms with Gasteiger partial charge in [0.2, 0.25) is 0 Å². The Labute approximate surface area is 684 Å². The number of hydrogen-bond acceptors (Lipinski definition) is 4. The highest BCUT2D eigenvalue weighted by molar-refractivity contribution is 6.14. The number of para-hydroxylation sites is 8. The quantitative estimate of drug-likeness (QED) is 0.151. The second kappa shape index (κ2) is 24.7. The van der Waals surface area contributed by atoms with Crippen LogP contribution in [0.15, 0.2) is 352 Å². The molecule has 0 N–H and O–H groups in total. The van der Waals surface area contributed by atoms with Crippen molar-refractivity contribution in [3.8, 4) is 44.8 Å². The molecule has 6 heteroatoms. The standard InChI is InChI=1S/C111H88N6/c1-107(2)86-41-22-27-46-100(86)115(103-55-50-71(61-91(103)107)72-51-56-104-92(62-72)108(3,4)87-42-23-28-47-101(87)116(104)77-52-57-97-83(63-77)79-39-20-25-44-95(79)112(97)73-32-14-11-15-33-73)76-38-30-31-69(59-76)70-49-54-96-82(60-70)84-64-78(53-58-98(84)113(96)74-34-16-12-17-35-74)117-102-48-29-24-43-88(102)110(7,8)94-66-81-80-65-93-105(67-89(80)111(9,10)90(81)68-106(94)117)114(75-36-18-13-19-37-75)99-45-26-21-40-85(99)109(93,5)6/h11-68H,1-10H3. The molecule has 0 spiro atoms. The second-order valence-electron chi connectivity index (χ2n) is 35.7. The van der Waals surface area contributed by atoms with Crippen LogP contribution in [0.1, 0.15) is 125 Å². The summed E-state index contributed by atoms with van der Waals surface area (Å²) in [5.41, 5.74) is 40.3. The van der Waals surface area contributed by atoms with Gasteiger partial charge in [-0.3, -0.25) is 0 Å². The minimum Gasteiger partial charge on any atom is -0.310 e. The molecule has 4 aliphatic heterocycles. The molecule has 0 fully saturated rings. The van der Waals surface area contributed by atoms with Gasteiger partial charge in [-0.15, -0.1) is 0 Å². The number of nitrogens with zero attached hydrogens (tertiary/aromatic N) is 6. The van der Waals surface area contributed by atoms with Crippen LogP contribution in [0.5, 0.6) is 0 Å². The highest BCUT2D eigenvalue weighted by Crippen LogP contribution is 2.63. The van der Waals surface area contributed by atoms with Crippen molar-refractivity contribution in [1.82, 2.24) is 9.13 Å². The fourth-order valence-electron chi connectivity index (χ4n) is 21.5. The zero-order valence-corrected chi connectivity index (χ0v) is 67.7. The van der Waals surface area contributed by atoms with E-state index >= 15 is 0 Å². The Morgan fingerprint density at radius 1 is 0.162 bits per heavy atom. The number of rotatable bonds is 8. The van der Waals surface area contributed by atoms with Gasteiger partial charge in [0.15, 0.2) is 0 Å². The van der Waals surface area contributed by atoms with E-state index in [1.807, 2.05) is 0 Å². The third kappa shape index (κ3) is 9.79. The summed E-state index contributed by atoms with van der Waals surface area (Å²) < 4.78 is 4.87. The van der Waals surface area contributed by atoms with Crippen LogP contribution < -0.4 is 19.6 Å². The molecule has 6 heterocycles. The van der Waals surface area contributed by atoms with Gasteiger partial charge in [0.05, 0.1) is 67.6 Å². The molecule has 117 heavy (non-hydrogen) atoms. The lowest BCUT2D eigenvalue weighted by molar-refractivity contribution is 0.624. The Balaban J connectivity index is 0.630. The largest absolute Gasteiger partial charge is 0.310 e. The first kappa shape index (κ1) is 68.9. The van der Waals surface area contributed by atoms with Crippen molar-refractivity contribution in [3.05, 3.63) is 407 Å². The van der Waals surface area contributed by atoms with Gasteiger partial charge in [0, 0.05) is 82.7 Å². The minimum atomic E-state index is -0.326. The van der Waals surface area contributed by atoms with E-state index in [1.54, 1.807) is 0 Å². The molecule has 0 saturated heterocycles. The summed E-state index contributed by atoms with van der Waals surface area (Å²) >= 11 is 0. The van der Waals surface area contributed by atoms with E-state index in [0.29, 0.717) is 0 Å². The first-order valence-corrected chi connectivity index (χ1v) is 41.5. The molecule has 0 bridgehead atoms. The third-order valence-corrected chi connectivity index (χ3v) is 27.6. The molecule has 0 radical (unpaired) electrons. The molecule has 0 atom stereocenters. The number of aromatic nitrogens is 2.